The van der Waals surface area contributed by atoms with E-state index in [-0.39, 0.29) is 23.3 Å². The van der Waals surface area contributed by atoms with E-state index in [1.54, 1.807) is 0 Å². The molecule has 1 unspecified atom stereocenters. The van der Waals surface area contributed by atoms with Crippen LogP contribution in [0.25, 0.3) is 0 Å². The van der Waals surface area contributed by atoms with Gasteiger partial charge < -0.3 is 11.5 Å². The lowest BCUT2D eigenvalue weighted by Crippen LogP contribution is -2.27. The number of hydrogen-bond donors (Lipinski definition) is 2. The second-order valence-corrected chi connectivity index (χ2v) is 3.57. The number of nitrogens with two attached hydrogens (primary N) is 2. The van der Waals surface area contributed by atoms with Gasteiger partial charge in [-0.2, -0.15) is 0 Å². The van der Waals surface area contributed by atoms with Crippen LogP contribution in [0, 0.1) is 18.3 Å². The number of terminal acetylenes is 1. The minimum absolute atomic E-state index is 0.0900. The molecule has 1 aliphatic rings. The summed E-state index contributed by atoms with van der Waals surface area (Å²) in [6, 6.07) is 0. The van der Waals surface area contributed by atoms with Crippen molar-refractivity contribution in [1.29, 1.82) is 0 Å². The van der Waals surface area contributed by atoms with Crippen LogP contribution in [0.5, 0.6) is 0 Å². The van der Waals surface area contributed by atoms with Gasteiger partial charge in [-0.3, -0.25) is 9.69 Å². The molecule has 1 aliphatic heterocycles. The standard InChI is InChI=1S/C10H11N5O/c1-2-6-3-7(16)15(4-6)10-8(11)9(12)13-5-14-10/h1,5-6H,3-4,11H2,(H2,12,13,14). The van der Waals surface area contributed by atoms with Gasteiger partial charge in [-0.25, -0.2) is 9.97 Å². The summed E-state index contributed by atoms with van der Waals surface area (Å²) >= 11 is 0. The van der Waals surface area contributed by atoms with Crippen LogP contribution in [0.3, 0.4) is 0 Å². The summed E-state index contributed by atoms with van der Waals surface area (Å²) in [5.41, 5.74) is 11.5. The molecule has 0 bridgehead atoms. The Morgan fingerprint density at radius 3 is 2.88 bits per heavy atom. The number of carbonyl (C=O) groups is 1. The maximum Gasteiger partial charge on any atom is 0.229 e. The van der Waals surface area contributed by atoms with Gasteiger partial charge >= 0.3 is 0 Å². The number of anilines is 3. The third-order valence-electron chi connectivity index (χ3n) is 2.51. The minimum Gasteiger partial charge on any atom is -0.393 e. The topological polar surface area (TPSA) is 98.1 Å². The molecule has 0 radical (unpaired) electrons. The van der Waals surface area contributed by atoms with Crippen LogP contribution in [-0.2, 0) is 4.79 Å². The Morgan fingerprint density at radius 2 is 2.25 bits per heavy atom. The lowest BCUT2D eigenvalue weighted by molar-refractivity contribution is -0.117. The number of nitrogen functional groups attached to an aromatic ring is 2. The Morgan fingerprint density at radius 1 is 1.50 bits per heavy atom. The summed E-state index contributed by atoms with van der Waals surface area (Å²) in [5.74, 6) is 2.88. The molecule has 82 valence electrons. The fourth-order valence-electron chi connectivity index (χ4n) is 1.64. The highest BCUT2D eigenvalue weighted by molar-refractivity contribution is 5.98. The van der Waals surface area contributed by atoms with E-state index in [1.807, 2.05) is 0 Å². The number of amides is 1. The zero-order chi connectivity index (χ0) is 11.7. The van der Waals surface area contributed by atoms with E-state index >= 15 is 0 Å². The molecular weight excluding hydrogens is 206 g/mol. The highest BCUT2D eigenvalue weighted by atomic mass is 16.2. The van der Waals surface area contributed by atoms with Crippen LogP contribution in [0.1, 0.15) is 6.42 Å². The van der Waals surface area contributed by atoms with Crippen LogP contribution in [-0.4, -0.2) is 22.4 Å². The van der Waals surface area contributed by atoms with E-state index in [1.165, 1.54) is 11.2 Å². The van der Waals surface area contributed by atoms with Crippen LogP contribution in [0.2, 0.25) is 0 Å². The Balaban J connectivity index is 2.36. The first-order valence-electron chi connectivity index (χ1n) is 4.76. The van der Waals surface area contributed by atoms with E-state index in [2.05, 4.69) is 15.9 Å². The number of rotatable bonds is 1. The smallest absolute Gasteiger partial charge is 0.229 e. The van der Waals surface area contributed by atoms with Crippen molar-refractivity contribution in [3.63, 3.8) is 0 Å². The molecule has 1 atom stereocenters. The van der Waals surface area contributed by atoms with Gasteiger partial charge in [0.05, 0.1) is 0 Å². The number of carbonyl (C=O) groups excluding carboxylic acids is 1. The average molecular weight is 217 g/mol. The predicted molar refractivity (Wildman–Crippen MR) is 60.1 cm³/mol. The molecule has 4 N–H and O–H groups in total. The second kappa shape index (κ2) is 3.70. The maximum absolute atomic E-state index is 11.7. The molecule has 6 heteroatoms. The SMILES string of the molecule is C#CC1CC(=O)N(c2ncnc(N)c2N)C1. The van der Waals surface area contributed by atoms with Gasteiger partial charge in [0.1, 0.15) is 12.0 Å². The number of hydrogen-bond acceptors (Lipinski definition) is 5. The largest absolute Gasteiger partial charge is 0.393 e. The molecule has 1 aromatic rings. The third-order valence-corrected chi connectivity index (χ3v) is 2.51. The van der Waals surface area contributed by atoms with Gasteiger partial charge in [0.2, 0.25) is 5.91 Å². The molecule has 1 aromatic heterocycles. The van der Waals surface area contributed by atoms with Gasteiger partial charge in [0, 0.05) is 18.9 Å². The van der Waals surface area contributed by atoms with Gasteiger partial charge in [-0.05, 0) is 0 Å². The van der Waals surface area contributed by atoms with Crippen LogP contribution in [0.15, 0.2) is 6.33 Å². The van der Waals surface area contributed by atoms with Crippen molar-refractivity contribution in [1.82, 2.24) is 9.97 Å². The predicted octanol–water partition coefficient (Wildman–Crippen LogP) is -0.373. The van der Waals surface area contributed by atoms with Crippen molar-refractivity contribution >= 4 is 23.2 Å². The summed E-state index contributed by atoms with van der Waals surface area (Å²) in [6.07, 6.45) is 6.88. The molecule has 6 nitrogen and oxygen atoms in total. The Bertz CT molecular complexity index is 479. The van der Waals surface area contributed by atoms with Gasteiger partial charge in [-0.1, -0.05) is 0 Å². The molecular formula is C10H11N5O. The van der Waals surface area contributed by atoms with E-state index in [0.29, 0.717) is 18.8 Å². The van der Waals surface area contributed by atoms with Crippen molar-refractivity contribution < 1.29 is 4.79 Å². The van der Waals surface area contributed by atoms with E-state index < -0.39 is 0 Å². The Labute approximate surface area is 92.7 Å². The Hall–Kier alpha value is -2.29. The minimum atomic E-state index is -0.0944. The monoisotopic (exact) mass is 217 g/mol. The van der Waals surface area contributed by atoms with Crippen molar-refractivity contribution in [3.05, 3.63) is 6.33 Å². The summed E-state index contributed by atoms with van der Waals surface area (Å²) in [4.78, 5) is 20.8. The van der Waals surface area contributed by atoms with Crippen molar-refractivity contribution in [2.45, 2.75) is 6.42 Å². The highest BCUT2D eigenvalue weighted by Crippen LogP contribution is 2.29. The fourth-order valence-corrected chi connectivity index (χ4v) is 1.64. The maximum atomic E-state index is 11.7. The molecule has 16 heavy (non-hydrogen) atoms. The van der Waals surface area contributed by atoms with E-state index in [0.717, 1.165) is 0 Å². The molecule has 2 rings (SSSR count). The molecule has 1 amide bonds. The highest BCUT2D eigenvalue weighted by Gasteiger charge is 2.31. The number of aromatic nitrogens is 2. The molecule has 1 saturated heterocycles. The average Bonchev–Trinajstić information content (AvgIpc) is 2.64. The quantitative estimate of drug-likeness (QED) is 0.625. The molecule has 0 aliphatic carbocycles. The normalized spacial score (nSPS) is 19.8. The summed E-state index contributed by atoms with van der Waals surface area (Å²) in [7, 11) is 0. The molecule has 0 spiro atoms. The second-order valence-electron chi connectivity index (χ2n) is 3.57. The van der Waals surface area contributed by atoms with Crippen molar-refractivity contribution in [2.24, 2.45) is 5.92 Å². The molecule has 0 aromatic carbocycles. The molecule has 0 saturated carbocycles. The van der Waals surface area contributed by atoms with Gasteiger partial charge in [0.15, 0.2) is 11.6 Å². The zero-order valence-electron chi connectivity index (χ0n) is 8.55. The number of nitrogens with zero attached hydrogens (tertiary/aromatic N) is 3. The fraction of sp³-hybridized carbons (Fsp3) is 0.300. The zero-order valence-corrected chi connectivity index (χ0v) is 8.55. The third kappa shape index (κ3) is 1.52. The summed E-state index contributed by atoms with van der Waals surface area (Å²) in [5, 5.41) is 0. The van der Waals surface area contributed by atoms with Gasteiger partial charge in [0.25, 0.3) is 0 Å². The van der Waals surface area contributed by atoms with Gasteiger partial charge in [-0.15, -0.1) is 12.3 Å². The molecule has 2 heterocycles. The molecule has 1 fully saturated rings. The Kier molecular flexibility index (Phi) is 2.37. The van der Waals surface area contributed by atoms with Crippen LogP contribution in [0.4, 0.5) is 17.3 Å². The van der Waals surface area contributed by atoms with Crippen LogP contribution < -0.4 is 16.4 Å². The summed E-state index contributed by atoms with van der Waals surface area (Å²) < 4.78 is 0. The van der Waals surface area contributed by atoms with E-state index in [4.69, 9.17) is 17.9 Å². The van der Waals surface area contributed by atoms with Crippen molar-refractivity contribution in [3.8, 4) is 12.3 Å². The lowest BCUT2D eigenvalue weighted by Gasteiger charge is -2.16. The first-order valence-corrected chi connectivity index (χ1v) is 4.76. The van der Waals surface area contributed by atoms with Crippen LogP contribution >= 0.6 is 0 Å². The lowest BCUT2D eigenvalue weighted by atomic mass is 10.1. The summed E-state index contributed by atoms with van der Waals surface area (Å²) in [6.45, 7) is 0.427. The van der Waals surface area contributed by atoms with Crippen molar-refractivity contribution in [2.75, 3.05) is 22.9 Å². The first kappa shape index (κ1) is 10.2. The first-order chi connectivity index (χ1) is 7.63. The van der Waals surface area contributed by atoms with E-state index in [9.17, 15) is 4.79 Å².